The number of carbonyl (C=O) groups is 1. The number of benzene rings is 2. The highest BCUT2D eigenvalue weighted by Gasteiger charge is 2.26. The zero-order chi connectivity index (χ0) is 18.6. The van der Waals surface area contributed by atoms with E-state index in [2.05, 4.69) is 4.74 Å². The van der Waals surface area contributed by atoms with Crippen LogP contribution in [0.3, 0.4) is 0 Å². The molecule has 7 heteroatoms. The predicted octanol–water partition coefficient (Wildman–Crippen LogP) is 5.08. The van der Waals surface area contributed by atoms with Crippen LogP contribution < -0.4 is 0 Å². The van der Waals surface area contributed by atoms with E-state index in [4.69, 9.17) is 0 Å². The molecule has 0 amide bonds. The van der Waals surface area contributed by atoms with Gasteiger partial charge in [0, 0.05) is 0 Å². The van der Waals surface area contributed by atoms with Gasteiger partial charge in [-0.1, -0.05) is 25.5 Å². The maximum absolute atomic E-state index is 13.5. The zero-order valence-electron chi connectivity index (χ0n) is 13.3. The third kappa shape index (κ3) is 4.15. The van der Waals surface area contributed by atoms with Gasteiger partial charge in [-0.15, -0.1) is 0 Å². The van der Waals surface area contributed by atoms with Crippen LogP contribution in [0, 0.1) is 29.1 Å². The van der Waals surface area contributed by atoms with Crippen LogP contribution in [0.5, 0.6) is 0 Å². The van der Waals surface area contributed by atoms with Crippen molar-refractivity contribution in [2.45, 2.75) is 32.8 Å². The molecule has 0 aliphatic carbocycles. The van der Waals surface area contributed by atoms with Crippen LogP contribution in [0.25, 0.3) is 0 Å². The maximum Gasteiger partial charge on any atom is 0.338 e. The second-order valence-electron chi connectivity index (χ2n) is 5.43. The Morgan fingerprint density at radius 2 is 1.40 bits per heavy atom. The van der Waals surface area contributed by atoms with Crippen molar-refractivity contribution in [1.82, 2.24) is 0 Å². The van der Waals surface area contributed by atoms with Crippen molar-refractivity contribution < 1.29 is 31.5 Å². The molecule has 0 saturated carbocycles. The van der Waals surface area contributed by atoms with Crippen molar-refractivity contribution in [3.63, 3.8) is 0 Å². The molecule has 0 spiro atoms. The van der Waals surface area contributed by atoms with E-state index in [1.54, 1.807) is 12.1 Å². The van der Waals surface area contributed by atoms with Gasteiger partial charge in [0.1, 0.15) is 6.61 Å². The van der Waals surface area contributed by atoms with Crippen LogP contribution in [0.15, 0.2) is 24.3 Å². The fraction of sp³-hybridized carbons (Fsp3) is 0.278. The van der Waals surface area contributed by atoms with Gasteiger partial charge in [-0.25, -0.2) is 26.7 Å². The largest absolute Gasteiger partial charge is 0.457 e. The van der Waals surface area contributed by atoms with E-state index < -0.39 is 47.2 Å². The van der Waals surface area contributed by atoms with E-state index >= 15 is 0 Å². The molecular weight excluding hydrogens is 343 g/mol. The third-order valence-electron chi connectivity index (χ3n) is 3.66. The highest BCUT2D eigenvalue weighted by molar-refractivity contribution is 5.89. The molecule has 0 aliphatic rings. The molecule has 2 aromatic rings. The van der Waals surface area contributed by atoms with Gasteiger partial charge in [0.2, 0.25) is 5.82 Å². The van der Waals surface area contributed by atoms with Gasteiger partial charge in [0.05, 0.1) is 11.1 Å². The minimum absolute atomic E-state index is 0.115. The van der Waals surface area contributed by atoms with Crippen molar-refractivity contribution >= 4 is 5.97 Å². The lowest BCUT2D eigenvalue weighted by molar-refractivity contribution is 0.0462. The molecule has 0 aliphatic heterocycles. The molecule has 0 atom stereocenters. The van der Waals surface area contributed by atoms with Crippen molar-refractivity contribution in [2.24, 2.45) is 0 Å². The molecule has 0 heterocycles. The summed E-state index contributed by atoms with van der Waals surface area (Å²) in [5, 5.41) is 0. The summed E-state index contributed by atoms with van der Waals surface area (Å²) >= 11 is 0. The lowest BCUT2D eigenvalue weighted by Crippen LogP contribution is -2.11. The average molecular weight is 358 g/mol. The predicted molar refractivity (Wildman–Crippen MR) is 80.4 cm³/mol. The van der Waals surface area contributed by atoms with Crippen LogP contribution in [0.2, 0.25) is 0 Å². The molecule has 0 fully saturated rings. The first-order valence-corrected chi connectivity index (χ1v) is 7.63. The second kappa shape index (κ2) is 8.09. The lowest BCUT2D eigenvalue weighted by Gasteiger charge is -2.09. The minimum Gasteiger partial charge on any atom is -0.457 e. The van der Waals surface area contributed by atoms with E-state index in [0.717, 1.165) is 24.8 Å². The maximum atomic E-state index is 13.5. The number of carbonyl (C=O) groups excluding carboxylic acids is 1. The molecule has 2 nitrogen and oxygen atoms in total. The smallest absolute Gasteiger partial charge is 0.338 e. The summed E-state index contributed by atoms with van der Waals surface area (Å²) in [5.74, 6) is -11.4. The molecule has 0 radical (unpaired) electrons. The molecule has 0 bridgehead atoms. The molecule has 0 saturated heterocycles. The number of hydrogen-bond acceptors (Lipinski definition) is 2. The van der Waals surface area contributed by atoms with Crippen LogP contribution >= 0.6 is 0 Å². The molecular formula is C18H15F5O2. The first-order chi connectivity index (χ1) is 11.9. The van der Waals surface area contributed by atoms with Gasteiger partial charge in [-0.2, -0.15) is 0 Å². The highest BCUT2D eigenvalue weighted by Crippen LogP contribution is 2.24. The lowest BCUT2D eigenvalue weighted by atomic mass is 10.1. The van der Waals surface area contributed by atoms with Gasteiger partial charge in [-0.3, -0.25) is 0 Å². The van der Waals surface area contributed by atoms with E-state index in [1.807, 2.05) is 6.92 Å². The number of ether oxygens (including phenoxy) is 1. The van der Waals surface area contributed by atoms with Crippen molar-refractivity contribution in [2.75, 3.05) is 0 Å². The van der Waals surface area contributed by atoms with Gasteiger partial charge in [0.15, 0.2) is 23.3 Å². The number of hydrogen-bond donors (Lipinski definition) is 0. The fourth-order valence-corrected chi connectivity index (χ4v) is 2.19. The van der Waals surface area contributed by atoms with Crippen LogP contribution in [-0.4, -0.2) is 5.97 Å². The zero-order valence-corrected chi connectivity index (χ0v) is 13.3. The van der Waals surface area contributed by atoms with Gasteiger partial charge in [-0.05, 0) is 30.5 Å². The summed E-state index contributed by atoms with van der Waals surface area (Å²) in [6, 6.07) is 6.38. The molecule has 134 valence electrons. The Hall–Kier alpha value is -2.44. The van der Waals surface area contributed by atoms with Crippen LogP contribution in [-0.2, 0) is 17.8 Å². The number of unbranched alkanes of at least 4 members (excludes halogenated alkanes) is 1. The second-order valence-corrected chi connectivity index (χ2v) is 5.43. The van der Waals surface area contributed by atoms with E-state index in [1.165, 1.54) is 12.1 Å². The Balaban J connectivity index is 2.10. The average Bonchev–Trinajstić information content (AvgIpc) is 2.63. The Morgan fingerprint density at radius 1 is 0.880 bits per heavy atom. The fourth-order valence-electron chi connectivity index (χ4n) is 2.19. The molecule has 25 heavy (non-hydrogen) atoms. The molecule has 2 rings (SSSR count). The van der Waals surface area contributed by atoms with Crippen molar-refractivity contribution in [3.8, 4) is 0 Å². The van der Waals surface area contributed by atoms with Crippen molar-refractivity contribution in [1.29, 1.82) is 0 Å². The SMILES string of the molecule is CCCCc1ccc(C(=O)OCc2c(F)c(F)c(F)c(F)c2F)cc1. The Bertz CT molecular complexity index is 743. The number of esters is 1. The molecule has 2 aromatic carbocycles. The topological polar surface area (TPSA) is 26.3 Å². The highest BCUT2D eigenvalue weighted by atomic mass is 19.2. The normalized spacial score (nSPS) is 10.8. The monoisotopic (exact) mass is 358 g/mol. The molecule has 0 unspecified atom stereocenters. The summed E-state index contributed by atoms with van der Waals surface area (Å²) in [6.45, 7) is 0.979. The first kappa shape index (κ1) is 18.9. The Labute approximate surface area is 141 Å². The quantitative estimate of drug-likeness (QED) is 0.311. The molecule has 0 N–H and O–H groups in total. The minimum atomic E-state index is -2.26. The number of rotatable bonds is 6. The van der Waals surface area contributed by atoms with Crippen LogP contribution in [0.4, 0.5) is 22.0 Å². The summed E-state index contributed by atoms with van der Waals surface area (Å²) in [7, 11) is 0. The first-order valence-electron chi connectivity index (χ1n) is 7.63. The van der Waals surface area contributed by atoms with E-state index in [9.17, 15) is 26.7 Å². The molecule has 0 aromatic heterocycles. The van der Waals surface area contributed by atoms with Crippen LogP contribution in [0.1, 0.15) is 41.3 Å². The van der Waals surface area contributed by atoms with Gasteiger partial charge >= 0.3 is 5.97 Å². The summed E-state index contributed by atoms with van der Waals surface area (Å²) in [4.78, 5) is 11.9. The van der Waals surface area contributed by atoms with E-state index in [-0.39, 0.29) is 5.56 Å². The Morgan fingerprint density at radius 3 is 1.92 bits per heavy atom. The summed E-state index contributed by atoms with van der Waals surface area (Å²) < 4.78 is 70.8. The van der Waals surface area contributed by atoms with Crippen molar-refractivity contribution in [3.05, 3.63) is 70.0 Å². The number of halogens is 5. The van der Waals surface area contributed by atoms with E-state index in [0.29, 0.717) is 0 Å². The standard InChI is InChI=1S/C18H15F5O2/c1-2-3-4-10-5-7-11(8-6-10)18(24)25-9-12-13(19)15(21)17(23)16(22)14(12)20/h5-8H,2-4,9H2,1H3. The Kier molecular flexibility index (Phi) is 6.12. The van der Waals surface area contributed by atoms with Gasteiger partial charge in [0.25, 0.3) is 0 Å². The third-order valence-corrected chi connectivity index (χ3v) is 3.66. The summed E-state index contributed by atoms with van der Waals surface area (Å²) in [6.07, 6.45) is 2.85. The summed E-state index contributed by atoms with van der Waals surface area (Å²) in [5.41, 5.74) is -0.0633. The van der Waals surface area contributed by atoms with Gasteiger partial charge < -0.3 is 4.74 Å². The number of aryl methyl sites for hydroxylation is 1.